The van der Waals surface area contributed by atoms with Gasteiger partial charge in [-0.1, -0.05) is 36.4 Å². The molecule has 29 heavy (non-hydrogen) atoms. The highest BCUT2D eigenvalue weighted by Gasteiger charge is 2.27. The molecule has 0 amide bonds. The van der Waals surface area contributed by atoms with Gasteiger partial charge in [0.15, 0.2) is 5.03 Å². The molecule has 0 aliphatic carbocycles. The Kier molecular flexibility index (Phi) is 6.07. The number of sulfone groups is 1. The maximum Gasteiger partial charge on any atom is 0.226 e. The Bertz CT molecular complexity index is 1270. The van der Waals surface area contributed by atoms with Gasteiger partial charge in [0.2, 0.25) is 9.84 Å². The third-order valence-corrected chi connectivity index (χ3v) is 6.22. The van der Waals surface area contributed by atoms with Gasteiger partial charge in [-0.2, -0.15) is 5.10 Å². The summed E-state index contributed by atoms with van der Waals surface area (Å²) in [6.07, 6.45) is 0.591. The minimum absolute atomic E-state index is 0. The summed E-state index contributed by atoms with van der Waals surface area (Å²) in [5, 5.41) is 7.97. The molecular weight excluding hydrogens is 417 g/mol. The molecule has 4 rings (SSSR count). The zero-order valence-corrected chi connectivity index (χ0v) is 16.9. The van der Waals surface area contributed by atoms with Crippen molar-refractivity contribution in [1.82, 2.24) is 10.2 Å². The summed E-state index contributed by atoms with van der Waals surface area (Å²) in [4.78, 5) is 0.119. The van der Waals surface area contributed by atoms with Crippen LogP contribution in [0.15, 0.2) is 64.5 Å². The zero-order chi connectivity index (χ0) is 19.7. The molecule has 3 aromatic carbocycles. The summed E-state index contributed by atoms with van der Waals surface area (Å²) < 4.78 is 46.4. The Hall–Kier alpha value is -2.68. The van der Waals surface area contributed by atoms with Gasteiger partial charge in [0, 0.05) is 16.8 Å². The van der Waals surface area contributed by atoms with Crippen LogP contribution in [-0.4, -0.2) is 31.8 Å². The first kappa shape index (κ1) is 21.0. The largest absolute Gasteiger partial charge is 0.491 e. The van der Waals surface area contributed by atoms with Gasteiger partial charge in [0.25, 0.3) is 0 Å². The maximum atomic E-state index is 14.2. The predicted molar refractivity (Wildman–Crippen MR) is 112 cm³/mol. The zero-order valence-electron chi connectivity index (χ0n) is 15.3. The van der Waals surface area contributed by atoms with Crippen molar-refractivity contribution < 1.29 is 17.5 Å². The highest BCUT2D eigenvalue weighted by atomic mass is 35.5. The molecule has 0 radical (unpaired) electrons. The number of aromatic amines is 1. The van der Waals surface area contributed by atoms with Crippen LogP contribution in [0.3, 0.4) is 0 Å². The molecule has 9 heteroatoms. The summed E-state index contributed by atoms with van der Waals surface area (Å²) in [5.41, 5.74) is 5.78. The molecule has 1 heterocycles. The SMILES string of the molecule is Cl.NCCCOc1cc(F)cc2c(S(=O)(=O)c3cccc4ccccc34)n[nH]c12. The van der Waals surface area contributed by atoms with Crippen LogP contribution in [-0.2, 0) is 9.84 Å². The van der Waals surface area contributed by atoms with Crippen LogP contribution in [0.4, 0.5) is 4.39 Å². The van der Waals surface area contributed by atoms with Gasteiger partial charge in [-0.15, -0.1) is 12.4 Å². The van der Waals surface area contributed by atoms with Crippen molar-refractivity contribution in [3.63, 3.8) is 0 Å². The Morgan fingerprint density at radius 2 is 1.83 bits per heavy atom. The van der Waals surface area contributed by atoms with Crippen LogP contribution >= 0.6 is 12.4 Å². The lowest BCUT2D eigenvalue weighted by atomic mass is 10.1. The van der Waals surface area contributed by atoms with Gasteiger partial charge < -0.3 is 10.5 Å². The van der Waals surface area contributed by atoms with E-state index in [0.717, 1.165) is 11.5 Å². The van der Waals surface area contributed by atoms with Crippen molar-refractivity contribution in [3.8, 4) is 5.75 Å². The van der Waals surface area contributed by atoms with Crippen molar-refractivity contribution in [2.75, 3.05) is 13.2 Å². The van der Waals surface area contributed by atoms with Crippen molar-refractivity contribution in [3.05, 3.63) is 60.4 Å². The minimum atomic E-state index is -3.99. The number of nitrogens with two attached hydrogens (primary N) is 1. The van der Waals surface area contributed by atoms with E-state index >= 15 is 0 Å². The van der Waals surface area contributed by atoms with Gasteiger partial charge >= 0.3 is 0 Å². The van der Waals surface area contributed by atoms with E-state index in [1.165, 1.54) is 12.1 Å². The van der Waals surface area contributed by atoms with E-state index in [0.29, 0.717) is 30.5 Å². The monoisotopic (exact) mass is 435 g/mol. The number of fused-ring (bicyclic) bond motifs is 2. The number of H-pyrrole nitrogens is 1. The van der Waals surface area contributed by atoms with Crippen LogP contribution < -0.4 is 10.5 Å². The van der Waals surface area contributed by atoms with E-state index < -0.39 is 15.7 Å². The highest BCUT2D eigenvalue weighted by Crippen LogP contribution is 2.34. The topological polar surface area (TPSA) is 98.1 Å². The lowest BCUT2D eigenvalue weighted by molar-refractivity contribution is 0.315. The number of aromatic nitrogens is 2. The number of halogens is 2. The molecule has 0 atom stereocenters. The molecule has 0 bridgehead atoms. The third-order valence-electron chi connectivity index (χ3n) is 4.47. The molecule has 6 nitrogen and oxygen atoms in total. The van der Waals surface area contributed by atoms with Gasteiger partial charge in [0.05, 0.1) is 11.5 Å². The van der Waals surface area contributed by atoms with E-state index in [1.54, 1.807) is 18.2 Å². The standard InChI is InChI=1S/C20H18FN3O3S.ClH/c21-14-11-16-19(17(12-14)27-10-4-9-22)23-24-20(16)28(25,26)18-8-3-6-13-5-1-2-7-15(13)18;/h1-3,5-8,11-12H,4,9-10,22H2,(H,23,24);1H. The first-order valence-electron chi connectivity index (χ1n) is 8.75. The van der Waals surface area contributed by atoms with Crippen molar-refractivity contribution in [2.24, 2.45) is 5.73 Å². The first-order chi connectivity index (χ1) is 13.5. The second-order valence-corrected chi connectivity index (χ2v) is 8.16. The van der Waals surface area contributed by atoms with Crippen molar-refractivity contribution in [2.45, 2.75) is 16.3 Å². The predicted octanol–water partition coefficient (Wildman–Crippen LogP) is 3.84. The van der Waals surface area contributed by atoms with Crippen LogP contribution in [0.1, 0.15) is 6.42 Å². The number of benzene rings is 3. The van der Waals surface area contributed by atoms with Gasteiger partial charge in [-0.25, -0.2) is 12.8 Å². The average molecular weight is 436 g/mol. The molecule has 0 saturated heterocycles. The highest BCUT2D eigenvalue weighted by molar-refractivity contribution is 7.91. The fourth-order valence-electron chi connectivity index (χ4n) is 3.15. The van der Waals surface area contributed by atoms with E-state index in [4.69, 9.17) is 10.5 Å². The smallest absolute Gasteiger partial charge is 0.226 e. The van der Waals surface area contributed by atoms with E-state index in [9.17, 15) is 12.8 Å². The van der Waals surface area contributed by atoms with Crippen molar-refractivity contribution in [1.29, 1.82) is 0 Å². The molecule has 4 aromatic rings. The van der Waals surface area contributed by atoms with Crippen LogP contribution in [0, 0.1) is 5.82 Å². The summed E-state index contributed by atoms with van der Waals surface area (Å²) in [7, 11) is -3.99. The minimum Gasteiger partial charge on any atom is -0.491 e. The molecule has 0 aliphatic heterocycles. The molecule has 3 N–H and O–H groups in total. The van der Waals surface area contributed by atoms with Gasteiger partial charge in [0.1, 0.15) is 17.1 Å². The van der Waals surface area contributed by atoms with Gasteiger partial charge in [-0.3, -0.25) is 5.10 Å². The number of ether oxygens (including phenoxy) is 1. The fourth-order valence-corrected chi connectivity index (χ4v) is 4.71. The molecular formula is C20H19ClFN3O3S. The normalized spacial score (nSPS) is 11.5. The number of nitrogens with zero attached hydrogens (tertiary/aromatic N) is 1. The number of hydrogen-bond donors (Lipinski definition) is 2. The molecule has 1 aromatic heterocycles. The van der Waals surface area contributed by atoms with Crippen LogP contribution in [0.25, 0.3) is 21.7 Å². The Morgan fingerprint density at radius 1 is 1.07 bits per heavy atom. The summed E-state index contributed by atoms with van der Waals surface area (Å²) in [6, 6.07) is 14.6. The second-order valence-electron chi connectivity index (χ2n) is 6.33. The van der Waals surface area contributed by atoms with E-state index in [1.807, 2.05) is 18.2 Å². The molecule has 0 aliphatic rings. The number of hydrogen-bond acceptors (Lipinski definition) is 5. The quantitative estimate of drug-likeness (QED) is 0.448. The summed E-state index contributed by atoms with van der Waals surface area (Å²) >= 11 is 0. The second kappa shape index (κ2) is 8.36. The van der Waals surface area contributed by atoms with E-state index in [-0.39, 0.29) is 33.5 Å². The Labute approximate surface area is 173 Å². The van der Waals surface area contributed by atoms with Gasteiger partial charge in [-0.05, 0) is 30.5 Å². The average Bonchev–Trinajstić information content (AvgIpc) is 3.12. The van der Waals surface area contributed by atoms with Crippen molar-refractivity contribution >= 4 is 43.9 Å². The third kappa shape index (κ3) is 3.78. The first-order valence-corrected chi connectivity index (χ1v) is 10.2. The molecule has 0 saturated carbocycles. The molecule has 152 valence electrons. The fraction of sp³-hybridized carbons (Fsp3) is 0.150. The van der Waals surface area contributed by atoms with Crippen LogP contribution in [0.5, 0.6) is 5.75 Å². The van der Waals surface area contributed by atoms with Crippen LogP contribution in [0.2, 0.25) is 0 Å². The number of nitrogens with one attached hydrogen (secondary N) is 1. The molecule has 0 spiro atoms. The summed E-state index contributed by atoms with van der Waals surface area (Å²) in [6.45, 7) is 0.724. The Balaban J connectivity index is 0.00000240. The maximum absolute atomic E-state index is 14.2. The lowest BCUT2D eigenvalue weighted by Gasteiger charge is -2.08. The Morgan fingerprint density at radius 3 is 2.62 bits per heavy atom. The number of rotatable bonds is 6. The molecule has 0 unspecified atom stereocenters. The molecule has 0 fully saturated rings. The van der Waals surface area contributed by atoms with E-state index in [2.05, 4.69) is 10.2 Å². The summed E-state index contributed by atoms with van der Waals surface area (Å²) in [5.74, 6) is -0.402. The lowest BCUT2D eigenvalue weighted by Crippen LogP contribution is -2.06.